The first-order valence-corrected chi connectivity index (χ1v) is 8.06. The number of nitrogens with zero attached hydrogens (tertiary/aromatic N) is 1. The van der Waals surface area contributed by atoms with Crippen molar-refractivity contribution in [2.24, 2.45) is 0 Å². The minimum absolute atomic E-state index is 0. The van der Waals surface area contributed by atoms with Gasteiger partial charge in [0.2, 0.25) is 0 Å². The molecule has 0 aliphatic rings. The van der Waals surface area contributed by atoms with E-state index in [1.807, 2.05) is 0 Å². The summed E-state index contributed by atoms with van der Waals surface area (Å²) < 4.78 is 197. The monoisotopic (exact) mass is 554 g/mol. The maximum Gasteiger partial charge on any atom is 0.460 e. The van der Waals surface area contributed by atoms with Gasteiger partial charge in [-0.3, -0.25) is 4.79 Å². The van der Waals surface area contributed by atoms with Gasteiger partial charge < -0.3 is 17.7 Å². The van der Waals surface area contributed by atoms with Crippen LogP contribution in [0.25, 0.3) is 0 Å². The molecule has 0 spiro atoms. The summed E-state index contributed by atoms with van der Waals surface area (Å²) in [6, 6.07) is 4.15. The number of rotatable bonds is 9. The van der Waals surface area contributed by atoms with Crippen molar-refractivity contribution in [3.8, 4) is 0 Å². The number of aromatic nitrogens is 1. The van der Waals surface area contributed by atoms with E-state index in [4.69, 9.17) is 0 Å². The third-order valence-corrected chi connectivity index (χ3v) is 4.05. The number of hydrogen-bond acceptors (Lipinski definition) is 1. The molecular formula is C15H10ClF15N2O. The highest BCUT2D eigenvalue weighted by atomic mass is 35.5. The Hall–Kier alpha value is -2.14. The molecule has 1 aromatic rings. The van der Waals surface area contributed by atoms with Crippen LogP contribution in [-0.2, 0) is 11.3 Å². The van der Waals surface area contributed by atoms with Crippen LogP contribution in [-0.4, -0.2) is 54.2 Å². The second-order valence-corrected chi connectivity index (χ2v) is 6.31. The molecule has 1 rings (SSSR count). The van der Waals surface area contributed by atoms with Gasteiger partial charge in [-0.2, -0.15) is 65.9 Å². The normalized spacial score (nSPS) is 14.4. The summed E-state index contributed by atoms with van der Waals surface area (Å²) in [6.07, 6.45) is -5.21. The number of alkyl halides is 15. The van der Waals surface area contributed by atoms with Gasteiger partial charge in [0.15, 0.2) is 18.9 Å². The van der Waals surface area contributed by atoms with Crippen molar-refractivity contribution in [3.63, 3.8) is 0 Å². The van der Waals surface area contributed by atoms with Crippen LogP contribution in [0.4, 0.5) is 65.9 Å². The molecule has 0 aliphatic carbocycles. The molecule has 0 aromatic carbocycles. The lowest BCUT2D eigenvalue weighted by Crippen LogP contribution is -3.00. The summed E-state index contributed by atoms with van der Waals surface area (Å²) in [6.45, 7) is -1.53. The van der Waals surface area contributed by atoms with Crippen molar-refractivity contribution < 1.29 is 87.6 Å². The molecule has 0 saturated heterocycles. The second-order valence-electron chi connectivity index (χ2n) is 6.31. The summed E-state index contributed by atoms with van der Waals surface area (Å²) >= 11 is 0. The smallest absolute Gasteiger partial charge is 0.460 e. The van der Waals surface area contributed by atoms with E-state index in [1.165, 1.54) is 30.6 Å². The van der Waals surface area contributed by atoms with Crippen molar-refractivity contribution in [2.45, 2.75) is 48.3 Å². The molecule has 0 radical (unpaired) electrons. The van der Waals surface area contributed by atoms with Crippen LogP contribution in [0.2, 0.25) is 0 Å². The highest BCUT2D eigenvalue weighted by Crippen LogP contribution is 2.62. The van der Waals surface area contributed by atoms with E-state index in [1.54, 1.807) is 0 Å². The maximum atomic E-state index is 13.6. The number of amides is 1. The van der Waals surface area contributed by atoms with Crippen molar-refractivity contribution in [3.05, 3.63) is 30.6 Å². The molecule has 0 bridgehead atoms. The Bertz CT molecular complexity index is 842. The Morgan fingerprint density at radius 3 is 1.41 bits per heavy atom. The van der Waals surface area contributed by atoms with Crippen LogP contribution in [0.15, 0.2) is 30.6 Å². The Morgan fingerprint density at radius 1 is 0.618 bits per heavy atom. The van der Waals surface area contributed by atoms with Gasteiger partial charge in [-0.1, -0.05) is 6.07 Å². The van der Waals surface area contributed by atoms with Gasteiger partial charge in [-0.05, 0) is 0 Å². The van der Waals surface area contributed by atoms with E-state index in [2.05, 4.69) is 0 Å². The van der Waals surface area contributed by atoms with Crippen molar-refractivity contribution >= 4 is 5.91 Å². The number of nitrogens with one attached hydrogen (secondary N) is 1. The minimum Gasteiger partial charge on any atom is -1.00 e. The Kier molecular flexibility index (Phi) is 8.89. The number of halogens is 16. The van der Waals surface area contributed by atoms with Gasteiger partial charge >= 0.3 is 41.7 Å². The molecule has 198 valence electrons. The standard InChI is InChI=1S/C15H9F15N2O.ClH/c16-9(17,8(33)31-4-7-32-5-2-1-3-6-32)10(18,19)11(20,21)12(22,23)13(24,25)14(26,27)15(28,29)30;/h1-3,5-6H,4,7H2;1H. The van der Waals surface area contributed by atoms with Crippen LogP contribution in [0, 0.1) is 0 Å². The zero-order valence-electron chi connectivity index (χ0n) is 15.7. The fraction of sp³-hybridized carbons (Fsp3) is 0.600. The Morgan fingerprint density at radius 2 is 1.00 bits per heavy atom. The molecule has 1 N–H and O–H groups in total. The van der Waals surface area contributed by atoms with Crippen LogP contribution < -0.4 is 22.3 Å². The van der Waals surface area contributed by atoms with Crippen LogP contribution in [0.1, 0.15) is 0 Å². The number of pyridine rings is 1. The molecule has 1 amide bonds. The Labute approximate surface area is 185 Å². The number of carbonyl (C=O) groups is 1. The predicted molar refractivity (Wildman–Crippen MR) is 75.4 cm³/mol. The summed E-state index contributed by atoms with van der Waals surface area (Å²) in [5.74, 6) is -51.4. The van der Waals surface area contributed by atoms with Gasteiger partial charge in [0.25, 0.3) is 5.91 Å². The minimum atomic E-state index is -8.42. The second kappa shape index (κ2) is 9.49. The summed E-state index contributed by atoms with van der Waals surface area (Å²) in [4.78, 5) is 11.2. The van der Waals surface area contributed by atoms with Crippen molar-refractivity contribution in [1.29, 1.82) is 0 Å². The molecule has 0 atom stereocenters. The molecule has 1 aromatic heterocycles. The van der Waals surface area contributed by atoms with E-state index < -0.39 is 60.7 Å². The molecule has 0 aliphatic heterocycles. The molecule has 0 fully saturated rings. The number of hydrogen-bond donors (Lipinski definition) is 1. The first-order valence-electron chi connectivity index (χ1n) is 8.06. The van der Waals surface area contributed by atoms with E-state index >= 15 is 0 Å². The average molecular weight is 555 g/mol. The molecule has 19 heteroatoms. The summed E-state index contributed by atoms with van der Waals surface area (Å²) in [5, 5.41) is 0.911. The fourth-order valence-electron chi connectivity index (χ4n) is 2.10. The summed E-state index contributed by atoms with van der Waals surface area (Å²) in [7, 11) is 0. The molecule has 0 saturated carbocycles. The molecule has 3 nitrogen and oxygen atoms in total. The average Bonchev–Trinajstić information content (AvgIpc) is 2.66. The highest BCUT2D eigenvalue weighted by Gasteiger charge is 2.94. The van der Waals surface area contributed by atoms with Crippen molar-refractivity contribution in [1.82, 2.24) is 5.32 Å². The zero-order chi connectivity index (χ0) is 26.3. The van der Waals surface area contributed by atoms with E-state index in [-0.39, 0.29) is 12.4 Å². The van der Waals surface area contributed by atoms with Gasteiger partial charge in [-0.15, -0.1) is 0 Å². The predicted octanol–water partition coefficient (Wildman–Crippen LogP) is 1.47. The van der Waals surface area contributed by atoms with E-state index in [0.717, 1.165) is 9.88 Å². The van der Waals surface area contributed by atoms with Gasteiger partial charge in [0, 0.05) is 12.1 Å². The highest BCUT2D eigenvalue weighted by molar-refractivity contribution is 5.84. The van der Waals surface area contributed by atoms with Crippen molar-refractivity contribution in [2.75, 3.05) is 6.54 Å². The number of carbonyl (C=O) groups excluding carboxylic acids is 1. The van der Waals surface area contributed by atoms with E-state index in [0.29, 0.717) is 0 Å². The lowest BCUT2D eigenvalue weighted by molar-refractivity contribution is -0.694. The quantitative estimate of drug-likeness (QED) is 0.364. The first kappa shape index (κ1) is 31.9. The maximum absolute atomic E-state index is 13.6. The third kappa shape index (κ3) is 4.82. The van der Waals surface area contributed by atoms with Gasteiger partial charge in [-0.25, -0.2) is 4.57 Å². The molecule has 1 heterocycles. The van der Waals surface area contributed by atoms with Gasteiger partial charge in [0.1, 0.15) is 0 Å². The molecule has 34 heavy (non-hydrogen) atoms. The van der Waals surface area contributed by atoms with Crippen LogP contribution in [0.5, 0.6) is 0 Å². The topological polar surface area (TPSA) is 33.0 Å². The largest absolute Gasteiger partial charge is 1.00 e. The SMILES string of the molecule is O=C(NCC[n+]1ccccc1)C(F)(F)C(F)(F)C(F)(F)C(F)(F)C(F)(F)C(F)(F)C(F)(F)F.[Cl-]. The zero-order valence-corrected chi connectivity index (χ0v) is 16.5. The molecule has 0 unspecified atom stereocenters. The fourth-order valence-corrected chi connectivity index (χ4v) is 2.10. The first-order chi connectivity index (χ1) is 14.5. The molecular weight excluding hydrogens is 545 g/mol. The summed E-state index contributed by atoms with van der Waals surface area (Å²) in [5.41, 5.74) is 0. The Balaban J connectivity index is 0.0000109. The van der Waals surface area contributed by atoms with E-state index in [9.17, 15) is 70.7 Å². The van der Waals surface area contributed by atoms with Crippen LogP contribution in [0.3, 0.4) is 0 Å². The lowest BCUT2D eigenvalue weighted by atomic mass is 9.91. The van der Waals surface area contributed by atoms with Gasteiger partial charge in [0.05, 0.1) is 6.54 Å². The third-order valence-electron chi connectivity index (χ3n) is 4.05. The lowest BCUT2D eigenvalue weighted by Gasteiger charge is -2.41. The van der Waals surface area contributed by atoms with Crippen LogP contribution >= 0.6 is 0 Å².